The van der Waals surface area contributed by atoms with Crippen molar-refractivity contribution in [2.45, 2.75) is 12.6 Å². The van der Waals surface area contributed by atoms with E-state index in [1.165, 1.54) is 0 Å². The van der Waals surface area contributed by atoms with Crippen LogP contribution in [0.3, 0.4) is 0 Å². The number of carboxylic acid groups (broad SMARTS) is 1. The van der Waals surface area contributed by atoms with Crippen molar-refractivity contribution >= 4 is 21.9 Å². The van der Waals surface area contributed by atoms with Crippen molar-refractivity contribution in [3.05, 3.63) is 34.3 Å². The minimum atomic E-state index is -0.779. The van der Waals surface area contributed by atoms with Gasteiger partial charge in [-0.25, -0.2) is 0 Å². The molecule has 4 nitrogen and oxygen atoms in total. The first kappa shape index (κ1) is 13.5. The van der Waals surface area contributed by atoms with Gasteiger partial charge in [-0.1, -0.05) is 28.1 Å². The second-order valence-electron chi connectivity index (χ2n) is 4.59. The average molecular weight is 314 g/mol. The zero-order valence-electron chi connectivity index (χ0n) is 10.2. The van der Waals surface area contributed by atoms with Crippen LogP contribution >= 0.6 is 15.9 Å². The van der Waals surface area contributed by atoms with E-state index in [0.29, 0.717) is 13.2 Å². The Kier molecular flexibility index (Phi) is 4.37. The maximum Gasteiger partial charge on any atom is 0.310 e. The molecule has 0 amide bonds. The van der Waals surface area contributed by atoms with Gasteiger partial charge in [0, 0.05) is 17.1 Å². The fraction of sp³-hybridized carbons (Fsp3) is 0.462. The van der Waals surface area contributed by atoms with E-state index in [0.717, 1.165) is 16.6 Å². The first-order valence-electron chi connectivity index (χ1n) is 5.83. The van der Waals surface area contributed by atoms with Crippen LogP contribution in [0.25, 0.3) is 0 Å². The van der Waals surface area contributed by atoms with Gasteiger partial charge in [0.05, 0.1) is 19.1 Å². The van der Waals surface area contributed by atoms with Gasteiger partial charge in [-0.2, -0.15) is 0 Å². The Labute approximate surface area is 115 Å². The summed E-state index contributed by atoms with van der Waals surface area (Å²) in [5, 5.41) is 9.13. The molecule has 1 N–H and O–H groups in total. The number of likely N-dealkylation sites (N-methyl/N-ethyl adjacent to an activating group) is 1. The second kappa shape index (κ2) is 5.82. The molecule has 2 rings (SSSR count). The summed E-state index contributed by atoms with van der Waals surface area (Å²) in [6.07, 6.45) is 0. The number of benzene rings is 1. The van der Waals surface area contributed by atoms with Gasteiger partial charge in [0.25, 0.3) is 0 Å². The third kappa shape index (κ3) is 3.10. The quantitative estimate of drug-likeness (QED) is 0.923. The molecule has 98 valence electrons. The number of nitrogens with zero attached hydrogens (tertiary/aromatic N) is 1. The van der Waals surface area contributed by atoms with E-state index in [1.807, 2.05) is 36.2 Å². The van der Waals surface area contributed by atoms with Crippen LogP contribution < -0.4 is 0 Å². The van der Waals surface area contributed by atoms with Crippen LogP contribution in [-0.4, -0.2) is 42.3 Å². The number of carboxylic acids is 1. The highest BCUT2D eigenvalue weighted by atomic mass is 79.9. The molecule has 1 fully saturated rings. The summed E-state index contributed by atoms with van der Waals surface area (Å²) in [6.45, 7) is 1.52. The Hall–Kier alpha value is -0.910. The van der Waals surface area contributed by atoms with E-state index in [4.69, 9.17) is 9.84 Å². The number of hydrogen-bond donors (Lipinski definition) is 1. The Morgan fingerprint density at radius 3 is 3.00 bits per heavy atom. The zero-order chi connectivity index (χ0) is 13.1. The lowest BCUT2D eigenvalue weighted by Gasteiger charge is -2.26. The molecule has 0 spiro atoms. The van der Waals surface area contributed by atoms with E-state index < -0.39 is 11.9 Å². The van der Waals surface area contributed by atoms with E-state index in [9.17, 15) is 4.79 Å². The first-order valence-corrected chi connectivity index (χ1v) is 6.62. The zero-order valence-corrected chi connectivity index (χ0v) is 11.8. The molecule has 1 aromatic rings. The molecule has 2 atom stereocenters. The maximum absolute atomic E-state index is 11.1. The highest BCUT2D eigenvalue weighted by molar-refractivity contribution is 9.10. The van der Waals surface area contributed by atoms with Crippen molar-refractivity contribution in [2.24, 2.45) is 5.92 Å². The molecular formula is C13H16BrNO3. The summed E-state index contributed by atoms with van der Waals surface area (Å²) in [7, 11) is 1.94. The number of hydrogen-bond acceptors (Lipinski definition) is 3. The van der Waals surface area contributed by atoms with E-state index in [1.54, 1.807) is 0 Å². The lowest BCUT2D eigenvalue weighted by atomic mass is 10.0. The molecule has 18 heavy (non-hydrogen) atoms. The molecule has 5 heteroatoms. The number of carbonyl (C=O) groups is 1. The number of rotatable bonds is 4. The van der Waals surface area contributed by atoms with Crippen molar-refractivity contribution < 1.29 is 14.6 Å². The Morgan fingerprint density at radius 1 is 1.56 bits per heavy atom. The molecule has 1 heterocycles. The van der Waals surface area contributed by atoms with Crippen LogP contribution in [0.15, 0.2) is 28.7 Å². The Balaban J connectivity index is 2.03. The minimum Gasteiger partial charge on any atom is -0.481 e. The molecular weight excluding hydrogens is 298 g/mol. The first-order chi connectivity index (χ1) is 8.58. The minimum absolute atomic E-state index is 0.0542. The second-order valence-corrected chi connectivity index (χ2v) is 5.51. The van der Waals surface area contributed by atoms with Crippen LogP contribution in [0.1, 0.15) is 5.56 Å². The Morgan fingerprint density at radius 2 is 2.33 bits per heavy atom. The standard InChI is InChI=1S/C13H16BrNO3/c1-15(6-9-3-2-4-10(14)5-9)12-8-18-7-11(12)13(16)17/h2-5,11-12H,6-8H2,1H3,(H,16,17). The number of aliphatic carboxylic acids is 1. The monoisotopic (exact) mass is 313 g/mol. The van der Waals surface area contributed by atoms with Gasteiger partial charge < -0.3 is 9.84 Å². The van der Waals surface area contributed by atoms with E-state index >= 15 is 0 Å². The van der Waals surface area contributed by atoms with Crippen LogP contribution in [-0.2, 0) is 16.1 Å². The highest BCUT2D eigenvalue weighted by Crippen LogP contribution is 2.21. The van der Waals surface area contributed by atoms with Gasteiger partial charge in [-0.05, 0) is 24.7 Å². The van der Waals surface area contributed by atoms with Crippen LogP contribution in [0, 0.1) is 5.92 Å². The molecule has 1 aromatic carbocycles. The molecule has 0 radical (unpaired) electrons. The number of ether oxygens (including phenoxy) is 1. The van der Waals surface area contributed by atoms with Crippen LogP contribution in [0.5, 0.6) is 0 Å². The van der Waals surface area contributed by atoms with E-state index in [2.05, 4.69) is 15.9 Å². The van der Waals surface area contributed by atoms with E-state index in [-0.39, 0.29) is 6.04 Å². The van der Waals surface area contributed by atoms with Crippen molar-refractivity contribution in [1.82, 2.24) is 4.90 Å². The summed E-state index contributed by atoms with van der Waals surface area (Å²) in [6, 6.07) is 7.98. The smallest absolute Gasteiger partial charge is 0.310 e. The van der Waals surface area contributed by atoms with Gasteiger partial charge in [-0.3, -0.25) is 9.69 Å². The van der Waals surface area contributed by atoms with Crippen molar-refractivity contribution in [2.75, 3.05) is 20.3 Å². The summed E-state index contributed by atoms with van der Waals surface area (Å²) >= 11 is 3.43. The van der Waals surface area contributed by atoms with Gasteiger partial charge in [-0.15, -0.1) is 0 Å². The Bertz CT molecular complexity index is 438. The highest BCUT2D eigenvalue weighted by Gasteiger charge is 2.36. The molecule has 1 aliphatic rings. The fourth-order valence-corrected chi connectivity index (χ4v) is 2.70. The molecule has 0 saturated carbocycles. The van der Waals surface area contributed by atoms with Gasteiger partial charge >= 0.3 is 5.97 Å². The van der Waals surface area contributed by atoms with Gasteiger partial charge in [0.15, 0.2) is 0 Å². The lowest BCUT2D eigenvalue weighted by molar-refractivity contribution is -0.143. The SMILES string of the molecule is CN(Cc1cccc(Br)c1)C1COCC1C(=O)O. The third-order valence-electron chi connectivity index (χ3n) is 3.25. The predicted octanol–water partition coefficient (Wildman–Crippen LogP) is 1.98. The average Bonchev–Trinajstić information content (AvgIpc) is 2.77. The summed E-state index contributed by atoms with van der Waals surface area (Å²) < 4.78 is 6.32. The normalized spacial score (nSPS) is 23.5. The van der Waals surface area contributed by atoms with Gasteiger partial charge in [0.1, 0.15) is 0 Å². The molecule has 1 aliphatic heterocycles. The third-order valence-corrected chi connectivity index (χ3v) is 3.75. The van der Waals surface area contributed by atoms with Crippen LogP contribution in [0.4, 0.5) is 0 Å². The summed E-state index contributed by atoms with van der Waals surface area (Å²) in [5.74, 6) is -1.21. The van der Waals surface area contributed by atoms with Crippen molar-refractivity contribution in [1.29, 1.82) is 0 Å². The summed E-state index contributed by atoms with van der Waals surface area (Å²) in [5.41, 5.74) is 1.16. The molecule has 0 bridgehead atoms. The van der Waals surface area contributed by atoms with Crippen molar-refractivity contribution in [3.8, 4) is 0 Å². The predicted molar refractivity (Wildman–Crippen MR) is 71.3 cm³/mol. The molecule has 2 unspecified atom stereocenters. The largest absolute Gasteiger partial charge is 0.481 e. The maximum atomic E-state index is 11.1. The fourth-order valence-electron chi connectivity index (χ4n) is 2.25. The summed E-state index contributed by atoms with van der Waals surface area (Å²) in [4.78, 5) is 13.2. The number of halogens is 1. The topological polar surface area (TPSA) is 49.8 Å². The van der Waals surface area contributed by atoms with Crippen molar-refractivity contribution in [3.63, 3.8) is 0 Å². The lowest BCUT2D eigenvalue weighted by Crippen LogP contribution is -2.40. The molecule has 1 saturated heterocycles. The molecule has 0 aromatic heterocycles. The molecule has 0 aliphatic carbocycles. The van der Waals surface area contributed by atoms with Gasteiger partial charge in [0.2, 0.25) is 0 Å². The van der Waals surface area contributed by atoms with Crippen LogP contribution in [0.2, 0.25) is 0 Å².